The van der Waals surface area contributed by atoms with Crippen LogP contribution in [0.3, 0.4) is 0 Å². The summed E-state index contributed by atoms with van der Waals surface area (Å²) in [6, 6.07) is -0.136. The van der Waals surface area contributed by atoms with E-state index in [9.17, 15) is 14.4 Å². The number of rotatable bonds is 27. The number of Topliss-reactive ketones (excluding diaryl/α,β-unsaturated/α-hetero) is 1. The van der Waals surface area contributed by atoms with Crippen molar-refractivity contribution in [2.24, 2.45) is 28.6 Å². The molecule has 0 aromatic carbocycles. The number of aryl methyl sites for hydroxylation is 2. The number of hydrogen-bond donors (Lipinski definition) is 2. The summed E-state index contributed by atoms with van der Waals surface area (Å²) in [5.74, 6) is 1.35. The van der Waals surface area contributed by atoms with Crippen LogP contribution in [0.15, 0.2) is 6.20 Å². The Morgan fingerprint density at radius 3 is 2.00 bits per heavy atom. The fourth-order valence-electron chi connectivity index (χ4n) is 5.36. The van der Waals surface area contributed by atoms with Crippen LogP contribution in [-0.4, -0.2) is 71.6 Å². The Morgan fingerprint density at radius 1 is 0.787 bits per heavy atom. The molecule has 47 heavy (non-hydrogen) atoms. The molecule has 0 saturated carbocycles. The fraction of sp³-hybridized carbons (Fsp3) is 0.865. The first kappa shape index (κ1) is 42.7. The lowest BCUT2D eigenvalue weighted by Gasteiger charge is -2.31. The lowest BCUT2D eigenvalue weighted by molar-refractivity contribution is -0.130. The van der Waals surface area contributed by atoms with Gasteiger partial charge in [-0.1, -0.05) is 80.9 Å². The predicted molar refractivity (Wildman–Crippen MR) is 189 cm³/mol. The first-order valence-corrected chi connectivity index (χ1v) is 18.2. The van der Waals surface area contributed by atoms with Gasteiger partial charge in [0.25, 0.3) is 0 Å². The van der Waals surface area contributed by atoms with Crippen LogP contribution in [0.1, 0.15) is 133 Å². The Bertz CT molecular complexity index is 1020. The highest BCUT2D eigenvalue weighted by molar-refractivity contribution is 5.85. The number of hydrogen-bond acceptors (Lipinski definition) is 7. The van der Waals surface area contributed by atoms with Crippen LogP contribution >= 0.6 is 0 Å². The second kappa shape index (κ2) is 22.3. The third kappa shape index (κ3) is 20.6. The van der Waals surface area contributed by atoms with E-state index in [2.05, 4.69) is 62.5 Å². The molecule has 272 valence electrons. The van der Waals surface area contributed by atoms with E-state index in [0.29, 0.717) is 69.9 Å². The van der Waals surface area contributed by atoms with Crippen LogP contribution < -0.4 is 10.6 Å². The summed E-state index contributed by atoms with van der Waals surface area (Å²) in [5, 5.41) is 14.7. The zero-order valence-corrected chi connectivity index (χ0v) is 31.6. The summed E-state index contributed by atoms with van der Waals surface area (Å²) in [5.41, 5.74) is 0.632. The molecule has 0 radical (unpaired) electrons. The highest BCUT2D eigenvalue weighted by Crippen LogP contribution is 2.35. The summed E-state index contributed by atoms with van der Waals surface area (Å²) >= 11 is 0. The van der Waals surface area contributed by atoms with Crippen molar-refractivity contribution in [2.75, 3.05) is 33.0 Å². The molecule has 1 rings (SSSR count). The normalized spacial score (nSPS) is 12.5. The molecule has 0 bridgehead atoms. The van der Waals surface area contributed by atoms with E-state index in [0.717, 1.165) is 57.2 Å². The minimum Gasteiger partial charge on any atom is -0.379 e. The highest BCUT2D eigenvalue weighted by Gasteiger charge is 2.31. The van der Waals surface area contributed by atoms with Crippen molar-refractivity contribution in [3.05, 3.63) is 11.9 Å². The van der Waals surface area contributed by atoms with Crippen molar-refractivity contribution in [1.29, 1.82) is 0 Å². The average molecular weight is 664 g/mol. The maximum atomic E-state index is 12.5. The van der Waals surface area contributed by atoms with E-state index in [-0.39, 0.29) is 34.6 Å². The average Bonchev–Trinajstić information content (AvgIpc) is 3.42. The number of carbonyl (C=O) groups excluding carboxylic acids is 3. The minimum atomic E-state index is -0.315. The van der Waals surface area contributed by atoms with Gasteiger partial charge in [0.15, 0.2) is 0 Å². The first-order valence-electron chi connectivity index (χ1n) is 18.2. The van der Waals surface area contributed by atoms with E-state index in [1.54, 1.807) is 0 Å². The number of nitrogens with one attached hydrogen (secondary N) is 2. The van der Waals surface area contributed by atoms with Crippen molar-refractivity contribution < 1.29 is 23.9 Å². The molecule has 10 nitrogen and oxygen atoms in total. The number of nitrogens with zero attached hydrogens (tertiary/aromatic N) is 3. The molecule has 1 aromatic rings. The molecule has 10 heteroatoms. The van der Waals surface area contributed by atoms with Crippen molar-refractivity contribution >= 4 is 17.6 Å². The number of carbonyl (C=O) groups is 3. The molecule has 0 aliphatic rings. The molecule has 2 amide bonds. The predicted octanol–water partition coefficient (Wildman–Crippen LogP) is 6.56. The third-order valence-corrected chi connectivity index (χ3v) is 8.36. The Kier molecular flexibility index (Phi) is 20.3. The molecule has 1 aromatic heterocycles. The van der Waals surface area contributed by atoms with Crippen molar-refractivity contribution in [1.82, 2.24) is 25.6 Å². The fourth-order valence-corrected chi connectivity index (χ4v) is 5.36. The van der Waals surface area contributed by atoms with Crippen molar-refractivity contribution in [3.8, 4) is 0 Å². The Balaban J connectivity index is 2.25. The quantitative estimate of drug-likeness (QED) is 0.102. The summed E-state index contributed by atoms with van der Waals surface area (Å²) < 4.78 is 13.4. The molecule has 2 N–H and O–H groups in total. The topological polar surface area (TPSA) is 124 Å². The lowest BCUT2D eigenvalue weighted by Crippen LogP contribution is -2.42. The molecule has 0 saturated heterocycles. The van der Waals surface area contributed by atoms with Gasteiger partial charge in [-0.3, -0.25) is 19.1 Å². The van der Waals surface area contributed by atoms with Gasteiger partial charge in [0.05, 0.1) is 24.9 Å². The van der Waals surface area contributed by atoms with Crippen molar-refractivity contribution in [2.45, 2.75) is 146 Å². The maximum Gasteiger partial charge on any atom is 0.220 e. The molecule has 0 unspecified atom stereocenters. The monoisotopic (exact) mass is 664 g/mol. The summed E-state index contributed by atoms with van der Waals surface area (Å²) in [6.07, 6.45) is 9.65. The zero-order valence-electron chi connectivity index (χ0n) is 31.6. The van der Waals surface area contributed by atoms with E-state index in [1.165, 1.54) is 0 Å². The third-order valence-electron chi connectivity index (χ3n) is 8.36. The van der Waals surface area contributed by atoms with Gasteiger partial charge >= 0.3 is 0 Å². The number of unbranched alkanes of at least 4 members (excludes halogenated alkanes) is 2. The minimum absolute atomic E-state index is 0.0333. The van der Waals surface area contributed by atoms with Gasteiger partial charge in [-0.25, -0.2) is 0 Å². The molecular weight excluding hydrogens is 594 g/mol. The smallest absolute Gasteiger partial charge is 0.220 e. The van der Waals surface area contributed by atoms with E-state index in [1.807, 2.05) is 38.6 Å². The number of aromatic nitrogens is 3. The molecule has 0 aliphatic heterocycles. The first-order chi connectivity index (χ1) is 22.0. The number of amides is 2. The van der Waals surface area contributed by atoms with E-state index in [4.69, 9.17) is 9.47 Å². The maximum absolute atomic E-state index is 12.5. The molecular formula is C37H69N5O5. The molecule has 1 heterocycles. The van der Waals surface area contributed by atoms with Gasteiger partial charge in [-0.2, -0.15) is 0 Å². The zero-order chi connectivity index (χ0) is 35.5. The van der Waals surface area contributed by atoms with Gasteiger partial charge in [-0.15, -0.1) is 5.10 Å². The lowest BCUT2D eigenvalue weighted by atomic mass is 9.73. The van der Waals surface area contributed by atoms with Crippen LogP contribution in [0, 0.1) is 28.6 Å². The van der Waals surface area contributed by atoms with E-state index >= 15 is 0 Å². The molecule has 0 aliphatic carbocycles. The molecule has 0 fully saturated rings. The van der Waals surface area contributed by atoms with Gasteiger partial charge in [-0.05, 0) is 62.2 Å². The van der Waals surface area contributed by atoms with Gasteiger partial charge in [0.1, 0.15) is 5.78 Å². The Labute approximate surface area is 286 Å². The Morgan fingerprint density at radius 2 is 1.40 bits per heavy atom. The Hall–Kier alpha value is -2.33. The summed E-state index contributed by atoms with van der Waals surface area (Å²) in [7, 11) is 0. The van der Waals surface area contributed by atoms with Crippen LogP contribution in [-0.2, 0) is 36.8 Å². The van der Waals surface area contributed by atoms with Gasteiger partial charge in [0.2, 0.25) is 11.8 Å². The van der Waals surface area contributed by atoms with Crippen LogP contribution in [0.25, 0.3) is 0 Å². The highest BCUT2D eigenvalue weighted by atomic mass is 16.5. The number of ketones is 1. The van der Waals surface area contributed by atoms with Gasteiger partial charge < -0.3 is 20.1 Å². The largest absolute Gasteiger partial charge is 0.379 e. The second-order valence-electron chi connectivity index (χ2n) is 15.9. The van der Waals surface area contributed by atoms with Crippen molar-refractivity contribution in [3.63, 3.8) is 0 Å². The second-order valence-corrected chi connectivity index (χ2v) is 15.9. The number of ether oxygens (including phenoxy) is 2. The van der Waals surface area contributed by atoms with Crippen LogP contribution in [0.5, 0.6) is 0 Å². The van der Waals surface area contributed by atoms with E-state index < -0.39 is 0 Å². The molecule has 0 atom stereocenters. The summed E-state index contributed by atoms with van der Waals surface area (Å²) in [6.45, 7) is 24.5. The van der Waals surface area contributed by atoms with Gasteiger partial charge in [0, 0.05) is 56.7 Å². The standard InChI is InChI=1S/C37H69N5O5/c1-28(2)24-46-26-32(27-47-25-29(3)4)39-34(44)16-12-11-13-22-42-23-31(40-41-42)15-14-17-33(43)38-21-20-36(7,8)18-19-37(9,10)35(45)30(5)6/h23,28-30,32H,11-22,24-27H2,1-10H3,(H,38,43)(H,39,44). The molecule has 0 spiro atoms. The van der Waals surface area contributed by atoms with Crippen LogP contribution in [0.2, 0.25) is 0 Å². The SMILES string of the molecule is CC(C)COCC(COCC(C)C)NC(=O)CCCCCn1cc(CCCC(=O)NCCC(C)(C)CCC(C)(C)C(=O)C(C)C)nn1. The van der Waals surface area contributed by atoms with Crippen LogP contribution in [0.4, 0.5) is 0 Å². The summed E-state index contributed by atoms with van der Waals surface area (Å²) in [4.78, 5) is 37.5.